The number of furan rings is 1. The number of nitrogens with one attached hydrogen (secondary N) is 1. The second kappa shape index (κ2) is 8.54. The summed E-state index contributed by atoms with van der Waals surface area (Å²) in [4.78, 5) is 24.1. The molecule has 2 aromatic heterocycles. The minimum atomic E-state index is -0.507. The number of carbonyl (C=O) groups excluding carboxylic acids is 2. The highest BCUT2D eigenvalue weighted by molar-refractivity contribution is 7.99. The molecule has 8 nitrogen and oxygen atoms in total. The van der Waals surface area contributed by atoms with Crippen LogP contribution in [0.3, 0.4) is 0 Å². The fourth-order valence-electron chi connectivity index (χ4n) is 2.47. The smallest absolute Gasteiger partial charge is 0.339 e. The molecule has 0 radical (unpaired) electrons. The van der Waals surface area contributed by atoms with Crippen LogP contribution in [-0.4, -0.2) is 39.5 Å². The Balaban J connectivity index is 1.68. The second-order valence-electron chi connectivity index (χ2n) is 5.40. The number of para-hydroxylation sites is 1. The molecule has 0 aliphatic carbocycles. The van der Waals surface area contributed by atoms with E-state index in [0.29, 0.717) is 34.5 Å². The molecule has 0 aliphatic rings. The molecule has 1 aromatic carbocycles. The quantitative estimate of drug-likeness (QED) is 0.492. The van der Waals surface area contributed by atoms with Crippen LogP contribution in [0.2, 0.25) is 0 Å². The Morgan fingerprint density at radius 1 is 1.22 bits per heavy atom. The zero-order valence-corrected chi connectivity index (χ0v) is 15.7. The van der Waals surface area contributed by atoms with Gasteiger partial charge in [0.2, 0.25) is 5.91 Å². The largest absolute Gasteiger partial charge is 0.465 e. The molecule has 1 amide bonds. The molecular weight excluding hydrogens is 368 g/mol. The van der Waals surface area contributed by atoms with Crippen molar-refractivity contribution in [3.05, 3.63) is 48.2 Å². The maximum Gasteiger partial charge on any atom is 0.339 e. The van der Waals surface area contributed by atoms with E-state index >= 15 is 0 Å². The number of amides is 1. The van der Waals surface area contributed by atoms with E-state index in [-0.39, 0.29) is 11.7 Å². The standard InChI is InChI=1S/C18H18N4O4S/c1-3-22-16(14-9-6-10-26-14)20-21-18(22)27-11-15(23)19-13-8-5-4-7-12(13)17(24)25-2/h4-10H,3,11H2,1-2H3,(H,19,23). The number of ether oxygens (including phenoxy) is 1. The molecular formula is C18H18N4O4S. The van der Waals surface area contributed by atoms with E-state index in [1.54, 1.807) is 42.7 Å². The normalized spacial score (nSPS) is 10.6. The molecule has 0 atom stereocenters. The predicted octanol–water partition coefficient (Wildman–Crippen LogP) is 3.08. The lowest BCUT2D eigenvalue weighted by atomic mass is 10.2. The Morgan fingerprint density at radius 3 is 2.74 bits per heavy atom. The maximum absolute atomic E-state index is 12.3. The number of anilines is 1. The van der Waals surface area contributed by atoms with Crippen molar-refractivity contribution in [3.63, 3.8) is 0 Å². The monoisotopic (exact) mass is 386 g/mol. The molecule has 0 bridgehead atoms. The second-order valence-corrected chi connectivity index (χ2v) is 6.34. The topological polar surface area (TPSA) is 99.2 Å². The number of nitrogens with zero attached hydrogens (tertiary/aromatic N) is 3. The van der Waals surface area contributed by atoms with Gasteiger partial charge >= 0.3 is 5.97 Å². The van der Waals surface area contributed by atoms with Crippen LogP contribution in [0.25, 0.3) is 11.6 Å². The summed E-state index contributed by atoms with van der Waals surface area (Å²) in [6.07, 6.45) is 1.57. The van der Waals surface area contributed by atoms with Gasteiger partial charge in [0.05, 0.1) is 30.4 Å². The van der Waals surface area contributed by atoms with E-state index in [1.165, 1.54) is 18.9 Å². The zero-order valence-electron chi connectivity index (χ0n) is 14.8. The van der Waals surface area contributed by atoms with Crippen LogP contribution in [0, 0.1) is 0 Å². The number of carbonyl (C=O) groups is 2. The van der Waals surface area contributed by atoms with Gasteiger partial charge in [-0.3, -0.25) is 9.36 Å². The third kappa shape index (κ3) is 4.20. The number of benzene rings is 1. The number of hydrogen-bond acceptors (Lipinski definition) is 7. The minimum absolute atomic E-state index is 0.117. The molecule has 1 N–H and O–H groups in total. The highest BCUT2D eigenvalue weighted by atomic mass is 32.2. The van der Waals surface area contributed by atoms with Crippen molar-refractivity contribution >= 4 is 29.3 Å². The Bertz CT molecular complexity index is 937. The molecule has 0 saturated carbocycles. The van der Waals surface area contributed by atoms with Crippen molar-refractivity contribution < 1.29 is 18.7 Å². The summed E-state index contributed by atoms with van der Waals surface area (Å²) < 4.78 is 12.0. The molecule has 27 heavy (non-hydrogen) atoms. The van der Waals surface area contributed by atoms with Crippen molar-refractivity contribution in [2.75, 3.05) is 18.2 Å². The van der Waals surface area contributed by atoms with Crippen molar-refractivity contribution in [3.8, 4) is 11.6 Å². The molecule has 0 unspecified atom stereocenters. The summed E-state index contributed by atoms with van der Waals surface area (Å²) >= 11 is 1.26. The van der Waals surface area contributed by atoms with E-state index in [9.17, 15) is 9.59 Å². The first-order valence-corrected chi connectivity index (χ1v) is 9.19. The SMILES string of the molecule is CCn1c(SCC(=O)Nc2ccccc2C(=O)OC)nnc1-c1ccco1. The molecule has 0 spiro atoms. The lowest BCUT2D eigenvalue weighted by Crippen LogP contribution is -2.17. The highest BCUT2D eigenvalue weighted by Crippen LogP contribution is 2.24. The van der Waals surface area contributed by atoms with Gasteiger partial charge in [0.25, 0.3) is 0 Å². The first-order chi connectivity index (χ1) is 13.1. The fourth-order valence-corrected chi connectivity index (χ4v) is 3.27. The average Bonchev–Trinajstić information content (AvgIpc) is 3.35. The first-order valence-electron chi connectivity index (χ1n) is 8.21. The molecule has 3 rings (SSSR count). The van der Waals surface area contributed by atoms with Crippen LogP contribution in [-0.2, 0) is 16.1 Å². The maximum atomic E-state index is 12.3. The van der Waals surface area contributed by atoms with E-state index < -0.39 is 5.97 Å². The Hall–Kier alpha value is -3.07. The van der Waals surface area contributed by atoms with Gasteiger partial charge < -0.3 is 14.5 Å². The number of esters is 1. The lowest BCUT2D eigenvalue weighted by Gasteiger charge is -2.09. The Morgan fingerprint density at radius 2 is 2.04 bits per heavy atom. The van der Waals surface area contributed by atoms with Crippen molar-refractivity contribution in [1.82, 2.24) is 14.8 Å². The third-order valence-electron chi connectivity index (χ3n) is 3.71. The molecule has 0 aliphatic heterocycles. The third-order valence-corrected chi connectivity index (χ3v) is 4.68. The van der Waals surface area contributed by atoms with Crippen LogP contribution in [0.5, 0.6) is 0 Å². The molecule has 140 valence electrons. The van der Waals surface area contributed by atoms with Gasteiger partial charge in [-0.25, -0.2) is 4.79 Å². The van der Waals surface area contributed by atoms with Crippen LogP contribution in [0.15, 0.2) is 52.2 Å². The van der Waals surface area contributed by atoms with E-state index in [1.807, 2.05) is 11.5 Å². The first kappa shape index (κ1) is 18.7. The highest BCUT2D eigenvalue weighted by Gasteiger charge is 2.17. The van der Waals surface area contributed by atoms with Crippen LogP contribution in [0.4, 0.5) is 5.69 Å². The van der Waals surface area contributed by atoms with Crippen LogP contribution >= 0.6 is 11.8 Å². The van der Waals surface area contributed by atoms with Crippen molar-refractivity contribution in [2.24, 2.45) is 0 Å². The van der Waals surface area contributed by atoms with Gasteiger partial charge in [0.1, 0.15) is 0 Å². The van der Waals surface area contributed by atoms with E-state index in [2.05, 4.69) is 15.5 Å². The predicted molar refractivity (Wildman–Crippen MR) is 101 cm³/mol. The van der Waals surface area contributed by atoms with Gasteiger partial charge in [0.15, 0.2) is 16.7 Å². The van der Waals surface area contributed by atoms with Crippen molar-refractivity contribution in [1.29, 1.82) is 0 Å². The number of hydrogen-bond donors (Lipinski definition) is 1. The molecule has 3 aromatic rings. The van der Waals surface area contributed by atoms with Gasteiger partial charge in [-0.05, 0) is 31.2 Å². The number of rotatable bonds is 7. The molecule has 0 saturated heterocycles. The zero-order chi connectivity index (χ0) is 19.2. The lowest BCUT2D eigenvalue weighted by molar-refractivity contribution is -0.113. The minimum Gasteiger partial charge on any atom is -0.465 e. The van der Waals surface area contributed by atoms with Gasteiger partial charge in [-0.2, -0.15) is 0 Å². The van der Waals surface area contributed by atoms with E-state index in [4.69, 9.17) is 9.15 Å². The summed E-state index contributed by atoms with van der Waals surface area (Å²) in [7, 11) is 1.30. The fraction of sp³-hybridized carbons (Fsp3) is 0.222. The average molecular weight is 386 g/mol. The van der Waals surface area contributed by atoms with Crippen LogP contribution < -0.4 is 5.32 Å². The summed E-state index contributed by atoms with van der Waals surface area (Å²) in [6.45, 7) is 2.60. The Kier molecular flexibility index (Phi) is 5.92. The van der Waals surface area contributed by atoms with Crippen molar-refractivity contribution in [2.45, 2.75) is 18.6 Å². The van der Waals surface area contributed by atoms with Crippen LogP contribution in [0.1, 0.15) is 17.3 Å². The van der Waals surface area contributed by atoms with Gasteiger partial charge in [-0.15, -0.1) is 10.2 Å². The summed E-state index contributed by atoms with van der Waals surface area (Å²) in [5, 5.41) is 11.6. The number of methoxy groups -OCH3 is 1. The Labute approximate surface area is 159 Å². The molecule has 2 heterocycles. The van der Waals surface area contributed by atoms with Gasteiger partial charge in [0, 0.05) is 6.54 Å². The number of thioether (sulfide) groups is 1. The molecule has 9 heteroatoms. The number of aromatic nitrogens is 3. The summed E-state index contributed by atoms with van der Waals surface area (Å²) in [5.74, 6) is 0.578. The molecule has 0 fully saturated rings. The van der Waals surface area contributed by atoms with E-state index in [0.717, 1.165) is 0 Å². The summed E-state index contributed by atoms with van der Waals surface area (Å²) in [6, 6.07) is 10.3. The van der Waals surface area contributed by atoms with Gasteiger partial charge in [-0.1, -0.05) is 23.9 Å². The summed E-state index contributed by atoms with van der Waals surface area (Å²) in [5.41, 5.74) is 0.707.